The van der Waals surface area contributed by atoms with E-state index in [1.165, 1.54) is 0 Å². The summed E-state index contributed by atoms with van der Waals surface area (Å²) >= 11 is 0. The summed E-state index contributed by atoms with van der Waals surface area (Å²) in [6.45, 7) is 9.17. The SMILES string of the molecule is C[C@H](O)CN1CCN(C[C@H](C)O)CC1. The van der Waals surface area contributed by atoms with Crippen LogP contribution in [0.15, 0.2) is 0 Å². The maximum atomic E-state index is 9.22. The van der Waals surface area contributed by atoms with Crippen LogP contribution in [0.4, 0.5) is 0 Å². The molecule has 0 bridgehead atoms. The smallest absolute Gasteiger partial charge is 0.0639 e. The lowest BCUT2D eigenvalue weighted by molar-refractivity contribution is 0.0576. The molecule has 1 aliphatic heterocycles. The van der Waals surface area contributed by atoms with Crippen LogP contribution in [-0.2, 0) is 0 Å². The third kappa shape index (κ3) is 4.37. The lowest BCUT2D eigenvalue weighted by Gasteiger charge is -2.35. The predicted octanol–water partition coefficient (Wildman–Crippen LogP) is -0.634. The summed E-state index contributed by atoms with van der Waals surface area (Å²) in [5, 5.41) is 18.4. The van der Waals surface area contributed by atoms with E-state index in [1.807, 2.05) is 13.8 Å². The zero-order valence-electron chi connectivity index (χ0n) is 9.19. The molecule has 1 fully saturated rings. The Morgan fingerprint density at radius 3 is 1.36 bits per heavy atom. The lowest BCUT2D eigenvalue weighted by Crippen LogP contribution is -2.49. The number of rotatable bonds is 4. The number of hydrogen-bond donors (Lipinski definition) is 2. The summed E-state index contributed by atoms with van der Waals surface area (Å²) in [6.07, 6.45) is -0.475. The van der Waals surface area contributed by atoms with E-state index in [1.54, 1.807) is 0 Å². The maximum absolute atomic E-state index is 9.22. The van der Waals surface area contributed by atoms with Crippen LogP contribution in [0.5, 0.6) is 0 Å². The Kier molecular flexibility index (Phi) is 4.81. The van der Waals surface area contributed by atoms with Crippen molar-refractivity contribution in [3.63, 3.8) is 0 Å². The van der Waals surface area contributed by atoms with Crippen molar-refractivity contribution in [1.29, 1.82) is 0 Å². The number of nitrogens with zero attached hydrogens (tertiary/aromatic N) is 2. The van der Waals surface area contributed by atoms with Gasteiger partial charge in [-0.25, -0.2) is 0 Å². The van der Waals surface area contributed by atoms with Crippen molar-refractivity contribution in [2.45, 2.75) is 26.1 Å². The highest BCUT2D eigenvalue weighted by molar-refractivity contribution is 4.74. The maximum Gasteiger partial charge on any atom is 0.0639 e. The molecule has 14 heavy (non-hydrogen) atoms. The second kappa shape index (κ2) is 5.66. The highest BCUT2D eigenvalue weighted by atomic mass is 16.3. The van der Waals surface area contributed by atoms with Gasteiger partial charge in [-0.15, -0.1) is 0 Å². The minimum absolute atomic E-state index is 0.238. The van der Waals surface area contributed by atoms with E-state index in [4.69, 9.17) is 0 Å². The Labute approximate surface area is 86.1 Å². The molecule has 2 atom stereocenters. The van der Waals surface area contributed by atoms with E-state index in [-0.39, 0.29) is 12.2 Å². The van der Waals surface area contributed by atoms with Gasteiger partial charge in [-0.3, -0.25) is 9.80 Å². The molecule has 84 valence electrons. The summed E-state index contributed by atoms with van der Waals surface area (Å²) in [7, 11) is 0. The third-order valence-corrected chi connectivity index (χ3v) is 2.51. The van der Waals surface area contributed by atoms with Crippen molar-refractivity contribution in [3.8, 4) is 0 Å². The van der Waals surface area contributed by atoms with E-state index in [2.05, 4.69) is 9.80 Å². The molecule has 2 N–H and O–H groups in total. The van der Waals surface area contributed by atoms with Crippen LogP contribution >= 0.6 is 0 Å². The van der Waals surface area contributed by atoms with Gasteiger partial charge in [0.05, 0.1) is 12.2 Å². The van der Waals surface area contributed by atoms with Crippen LogP contribution in [0.3, 0.4) is 0 Å². The monoisotopic (exact) mass is 202 g/mol. The fourth-order valence-electron chi connectivity index (χ4n) is 1.90. The molecular weight excluding hydrogens is 180 g/mol. The van der Waals surface area contributed by atoms with Crippen LogP contribution in [-0.4, -0.2) is 71.5 Å². The Morgan fingerprint density at radius 2 is 1.14 bits per heavy atom. The summed E-state index contributed by atoms with van der Waals surface area (Å²) < 4.78 is 0. The normalized spacial score (nSPS) is 24.9. The minimum atomic E-state index is -0.238. The molecule has 1 heterocycles. The van der Waals surface area contributed by atoms with Crippen molar-refractivity contribution in [2.24, 2.45) is 0 Å². The van der Waals surface area contributed by atoms with Crippen molar-refractivity contribution < 1.29 is 10.2 Å². The van der Waals surface area contributed by atoms with Crippen molar-refractivity contribution >= 4 is 0 Å². The van der Waals surface area contributed by atoms with Crippen molar-refractivity contribution in [2.75, 3.05) is 39.3 Å². The molecule has 1 aliphatic rings. The van der Waals surface area contributed by atoms with E-state index in [0.717, 1.165) is 39.3 Å². The first-order chi connectivity index (χ1) is 6.58. The Morgan fingerprint density at radius 1 is 0.857 bits per heavy atom. The highest BCUT2D eigenvalue weighted by Crippen LogP contribution is 2.03. The third-order valence-electron chi connectivity index (χ3n) is 2.51. The Hall–Kier alpha value is -0.160. The average Bonchev–Trinajstić information content (AvgIpc) is 2.06. The Balaban J connectivity index is 2.17. The summed E-state index contributed by atoms with van der Waals surface area (Å²) in [5.74, 6) is 0. The zero-order chi connectivity index (χ0) is 10.6. The number of piperazine rings is 1. The second-order valence-corrected chi connectivity index (χ2v) is 4.30. The largest absolute Gasteiger partial charge is 0.392 e. The fourth-order valence-corrected chi connectivity index (χ4v) is 1.90. The van der Waals surface area contributed by atoms with Gasteiger partial charge in [-0.05, 0) is 13.8 Å². The summed E-state index contributed by atoms with van der Waals surface area (Å²) in [6, 6.07) is 0. The van der Waals surface area contributed by atoms with Gasteiger partial charge in [-0.2, -0.15) is 0 Å². The first kappa shape index (κ1) is 11.9. The average molecular weight is 202 g/mol. The molecule has 4 nitrogen and oxygen atoms in total. The van der Waals surface area contributed by atoms with Gasteiger partial charge in [0, 0.05) is 39.3 Å². The minimum Gasteiger partial charge on any atom is -0.392 e. The molecule has 1 rings (SSSR count). The highest BCUT2D eigenvalue weighted by Gasteiger charge is 2.18. The van der Waals surface area contributed by atoms with E-state index >= 15 is 0 Å². The molecule has 0 saturated carbocycles. The van der Waals surface area contributed by atoms with Crippen LogP contribution < -0.4 is 0 Å². The molecule has 1 saturated heterocycles. The summed E-state index contributed by atoms with van der Waals surface area (Å²) in [5.41, 5.74) is 0. The summed E-state index contributed by atoms with van der Waals surface area (Å²) in [4.78, 5) is 4.53. The predicted molar refractivity (Wildman–Crippen MR) is 56.2 cm³/mol. The molecule has 4 heteroatoms. The van der Waals surface area contributed by atoms with Crippen LogP contribution in [0, 0.1) is 0 Å². The topological polar surface area (TPSA) is 46.9 Å². The molecular formula is C10H22N2O2. The number of aliphatic hydroxyl groups is 2. The van der Waals surface area contributed by atoms with Gasteiger partial charge in [0.15, 0.2) is 0 Å². The molecule has 0 aliphatic carbocycles. The number of aliphatic hydroxyl groups excluding tert-OH is 2. The van der Waals surface area contributed by atoms with Gasteiger partial charge in [0.25, 0.3) is 0 Å². The first-order valence-corrected chi connectivity index (χ1v) is 5.38. The molecule has 0 radical (unpaired) electrons. The van der Waals surface area contributed by atoms with Crippen LogP contribution in [0.1, 0.15) is 13.8 Å². The number of β-amino-alcohol motifs (C(OH)–C–C–N with tert-alkyl or cyclic N) is 2. The standard InChI is InChI=1S/C10H22N2O2/c1-9(13)7-11-3-5-12(6-4-11)8-10(2)14/h9-10,13-14H,3-8H2,1-2H3/t9-,10-/m0/s1. The second-order valence-electron chi connectivity index (χ2n) is 4.30. The van der Waals surface area contributed by atoms with Gasteiger partial charge in [-0.1, -0.05) is 0 Å². The van der Waals surface area contributed by atoms with Gasteiger partial charge in [0.1, 0.15) is 0 Å². The fraction of sp³-hybridized carbons (Fsp3) is 1.00. The van der Waals surface area contributed by atoms with E-state index < -0.39 is 0 Å². The van der Waals surface area contributed by atoms with Gasteiger partial charge >= 0.3 is 0 Å². The van der Waals surface area contributed by atoms with Crippen molar-refractivity contribution in [3.05, 3.63) is 0 Å². The molecule has 0 aromatic heterocycles. The van der Waals surface area contributed by atoms with Crippen LogP contribution in [0.25, 0.3) is 0 Å². The molecule has 0 amide bonds. The van der Waals surface area contributed by atoms with E-state index in [9.17, 15) is 10.2 Å². The first-order valence-electron chi connectivity index (χ1n) is 5.38. The molecule has 0 aromatic rings. The number of hydrogen-bond acceptors (Lipinski definition) is 4. The zero-order valence-corrected chi connectivity index (χ0v) is 9.19. The van der Waals surface area contributed by atoms with E-state index in [0.29, 0.717) is 0 Å². The molecule has 0 aromatic carbocycles. The molecule has 0 unspecified atom stereocenters. The lowest BCUT2D eigenvalue weighted by atomic mass is 10.2. The Bertz CT molecular complexity index is 136. The van der Waals surface area contributed by atoms with Crippen molar-refractivity contribution in [1.82, 2.24) is 9.80 Å². The van der Waals surface area contributed by atoms with Gasteiger partial charge < -0.3 is 10.2 Å². The molecule has 0 spiro atoms. The quantitative estimate of drug-likeness (QED) is 0.637. The van der Waals surface area contributed by atoms with Crippen LogP contribution in [0.2, 0.25) is 0 Å². The van der Waals surface area contributed by atoms with Gasteiger partial charge in [0.2, 0.25) is 0 Å².